The van der Waals surface area contributed by atoms with Crippen LogP contribution in [0.15, 0.2) is 30.3 Å². The van der Waals surface area contributed by atoms with Crippen molar-refractivity contribution in [3.05, 3.63) is 52.3 Å². The van der Waals surface area contributed by atoms with Crippen molar-refractivity contribution in [1.29, 1.82) is 0 Å². The van der Waals surface area contributed by atoms with Crippen LogP contribution < -0.4 is 0 Å². The molecule has 3 heteroatoms. The maximum Gasteiger partial charge on any atom is 0.161 e. The summed E-state index contributed by atoms with van der Waals surface area (Å²) in [6.45, 7) is 5.52. The van der Waals surface area contributed by atoms with Crippen LogP contribution in [0.1, 0.15) is 28.7 Å². The molecule has 0 aliphatic heterocycles. The van der Waals surface area contributed by atoms with Gasteiger partial charge in [-0.1, -0.05) is 17.7 Å². The van der Waals surface area contributed by atoms with Crippen molar-refractivity contribution >= 4 is 17.4 Å². The number of carbonyl (C=O) groups excluding carboxylic acids is 1. The molecule has 1 aromatic heterocycles. The number of benzene rings is 1. The number of rotatable bonds is 2. The molecule has 0 saturated heterocycles. The van der Waals surface area contributed by atoms with Crippen LogP contribution in [0, 0.1) is 13.8 Å². The van der Waals surface area contributed by atoms with Gasteiger partial charge in [-0.25, -0.2) is 0 Å². The van der Waals surface area contributed by atoms with Crippen LogP contribution in [0.25, 0.3) is 5.69 Å². The van der Waals surface area contributed by atoms with E-state index in [1.165, 1.54) is 0 Å². The normalized spacial score (nSPS) is 10.6. The summed E-state index contributed by atoms with van der Waals surface area (Å²) in [7, 11) is 0. The smallest absolute Gasteiger partial charge is 0.161 e. The minimum atomic E-state index is 0.0892. The van der Waals surface area contributed by atoms with Crippen LogP contribution in [-0.4, -0.2) is 10.4 Å². The molecule has 0 atom stereocenters. The molecule has 88 valence electrons. The van der Waals surface area contributed by atoms with E-state index in [2.05, 4.69) is 0 Å². The minimum absolute atomic E-state index is 0.0892. The summed E-state index contributed by atoms with van der Waals surface area (Å²) >= 11 is 5.99. The molecule has 17 heavy (non-hydrogen) atoms. The first-order chi connectivity index (χ1) is 8.00. The van der Waals surface area contributed by atoms with Crippen molar-refractivity contribution in [2.45, 2.75) is 20.8 Å². The lowest BCUT2D eigenvalue weighted by Crippen LogP contribution is -2.01. The second-order valence-corrected chi connectivity index (χ2v) is 4.59. The first-order valence-corrected chi connectivity index (χ1v) is 5.84. The molecular weight excluding hydrogens is 234 g/mol. The summed E-state index contributed by atoms with van der Waals surface area (Å²) < 4.78 is 2.04. The summed E-state index contributed by atoms with van der Waals surface area (Å²) in [5, 5.41) is 0.694. The fourth-order valence-corrected chi connectivity index (χ4v) is 2.32. The van der Waals surface area contributed by atoms with E-state index in [1.807, 2.05) is 48.7 Å². The lowest BCUT2D eigenvalue weighted by atomic mass is 10.2. The monoisotopic (exact) mass is 247 g/mol. The first kappa shape index (κ1) is 11.9. The lowest BCUT2D eigenvalue weighted by molar-refractivity contribution is 0.101. The van der Waals surface area contributed by atoms with E-state index in [1.54, 1.807) is 6.92 Å². The first-order valence-electron chi connectivity index (χ1n) is 5.46. The van der Waals surface area contributed by atoms with Gasteiger partial charge in [0.1, 0.15) is 0 Å². The van der Waals surface area contributed by atoms with Crippen LogP contribution in [0.5, 0.6) is 0 Å². The van der Waals surface area contributed by atoms with E-state index in [9.17, 15) is 4.79 Å². The zero-order valence-electron chi connectivity index (χ0n) is 10.1. The molecule has 2 nitrogen and oxygen atoms in total. The van der Waals surface area contributed by atoms with Crippen molar-refractivity contribution in [2.24, 2.45) is 0 Å². The number of ketones is 1. The molecule has 1 aromatic carbocycles. The summed E-state index contributed by atoms with van der Waals surface area (Å²) in [4.78, 5) is 11.5. The highest BCUT2D eigenvalue weighted by atomic mass is 35.5. The number of aryl methyl sites for hydroxylation is 1. The number of hydrogen-bond donors (Lipinski definition) is 0. The van der Waals surface area contributed by atoms with Crippen LogP contribution in [0.3, 0.4) is 0 Å². The molecule has 0 amide bonds. The van der Waals surface area contributed by atoms with E-state index >= 15 is 0 Å². The van der Waals surface area contributed by atoms with Gasteiger partial charge in [-0.3, -0.25) is 4.79 Å². The third-order valence-corrected chi connectivity index (χ3v) is 3.11. The van der Waals surface area contributed by atoms with Crippen LogP contribution in [0.2, 0.25) is 5.02 Å². The molecule has 2 rings (SSSR count). The molecular formula is C14H14ClNO. The Morgan fingerprint density at radius 3 is 2.47 bits per heavy atom. The molecule has 0 fully saturated rings. The average molecular weight is 248 g/mol. The van der Waals surface area contributed by atoms with Crippen LogP contribution in [-0.2, 0) is 0 Å². The van der Waals surface area contributed by atoms with E-state index in [4.69, 9.17) is 11.6 Å². The Morgan fingerprint density at radius 1 is 1.24 bits per heavy atom. The molecule has 0 saturated carbocycles. The maximum absolute atomic E-state index is 11.5. The van der Waals surface area contributed by atoms with Gasteiger partial charge in [0.2, 0.25) is 0 Å². The molecule has 0 aliphatic rings. The van der Waals surface area contributed by atoms with Gasteiger partial charge in [0.25, 0.3) is 0 Å². The van der Waals surface area contributed by atoms with Gasteiger partial charge in [-0.05, 0) is 45.0 Å². The quantitative estimate of drug-likeness (QED) is 0.737. The van der Waals surface area contributed by atoms with Gasteiger partial charge in [-0.2, -0.15) is 0 Å². The standard InChI is InChI=1S/C14H14ClNO/c1-9-7-14(11(3)17)10(2)16(9)13-6-4-5-12(15)8-13/h4-8H,1-3H3. The Kier molecular flexibility index (Phi) is 3.07. The third-order valence-electron chi connectivity index (χ3n) is 2.88. The Hall–Kier alpha value is -1.54. The molecule has 0 N–H and O–H groups in total. The summed E-state index contributed by atoms with van der Waals surface area (Å²) in [6, 6.07) is 9.54. The highest BCUT2D eigenvalue weighted by molar-refractivity contribution is 6.30. The molecule has 2 aromatic rings. The van der Waals surface area contributed by atoms with Crippen molar-refractivity contribution < 1.29 is 4.79 Å². The predicted octanol–water partition coefficient (Wildman–Crippen LogP) is 3.95. The lowest BCUT2D eigenvalue weighted by Gasteiger charge is -2.09. The predicted molar refractivity (Wildman–Crippen MR) is 70.3 cm³/mol. The number of nitrogens with zero attached hydrogens (tertiary/aromatic N) is 1. The van der Waals surface area contributed by atoms with Crippen molar-refractivity contribution in [2.75, 3.05) is 0 Å². The van der Waals surface area contributed by atoms with E-state index in [0.717, 1.165) is 22.6 Å². The molecule has 0 unspecified atom stereocenters. The molecule has 0 aliphatic carbocycles. The number of Topliss-reactive ketones (excluding diaryl/α,β-unsaturated/α-hetero) is 1. The fraction of sp³-hybridized carbons (Fsp3) is 0.214. The van der Waals surface area contributed by atoms with Gasteiger partial charge < -0.3 is 4.57 Å². The Labute approximate surface area is 106 Å². The van der Waals surface area contributed by atoms with E-state index in [0.29, 0.717) is 5.02 Å². The SMILES string of the molecule is CC(=O)c1cc(C)n(-c2cccc(Cl)c2)c1C. The Bertz CT molecular complexity index is 584. The average Bonchev–Trinajstić information content (AvgIpc) is 2.54. The second kappa shape index (κ2) is 4.38. The Morgan fingerprint density at radius 2 is 1.94 bits per heavy atom. The maximum atomic E-state index is 11.5. The van der Waals surface area contributed by atoms with Crippen molar-refractivity contribution in [3.63, 3.8) is 0 Å². The fourth-order valence-electron chi connectivity index (χ4n) is 2.13. The van der Waals surface area contributed by atoms with Gasteiger partial charge in [0.15, 0.2) is 5.78 Å². The molecule has 0 radical (unpaired) electrons. The van der Waals surface area contributed by atoms with E-state index in [-0.39, 0.29) is 5.78 Å². The van der Waals surface area contributed by atoms with Crippen molar-refractivity contribution in [1.82, 2.24) is 4.57 Å². The number of hydrogen-bond acceptors (Lipinski definition) is 1. The number of carbonyl (C=O) groups is 1. The largest absolute Gasteiger partial charge is 0.318 e. The molecule has 0 bridgehead atoms. The highest BCUT2D eigenvalue weighted by Crippen LogP contribution is 2.23. The zero-order valence-corrected chi connectivity index (χ0v) is 10.9. The molecule has 1 heterocycles. The van der Waals surface area contributed by atoms with E-state index < -0.39 is 0 Å². The minimum Gasteiger partial charge on any atom is -0.318 e. The van der Waals surface area contributed by atoms with Gasteiger partial charge in [0.05, 0.1) is 0 Å². The molecule has 0 spiro atoms. The highest BCUT2D eigenvalue weighted by Gasteiger charge is 2.13. The Balaban J connectivity index is 2.64. The number of halogens is 1. The van der Waals surface area contributed by atoms with Crippen LogP contribution >= 0.6 is 11.6 Å². The summed E-state index contributed by atoms with van der Waals surface area (Å²) in [5.74, 6) is 0.0892. The van der Waals surface area contributed by atoms with Crippen molar-refractivity contribution in [3.8, 4) is 5.69 Å². The second-order valence-electron chi connectivity index (χ2n) is 4.16. The van der Waals surface area contributed by atoms with Gasteiger partial charge in [0, 0.05) is 27.7 Å². The van der Waals surface area contributed by atoms with Gasteiger partial charge >= 0.3 is 0 Å². The summed E-state index contributed by atoms with van der Waals surface area (Å²) in [6.07, 6.45) is 0. The number of aromatic nitrogens is 1. The summed E-state index contributed by atoms with van der Waals surface area (Å²) in [5.41, 5.74) is 3.75. The zero-order chi connectivity index (χ0) is 12.6. The topological polar surface area (TPSA) is 22.0 Å². The van der Waals surface area contributed by atoms with Crippen LogP contribution in [0.4, 0.5) is 0 Å². The van der Waals surface area contributed by atoms with Gasteiger partial charge in [-0.15, -0.1) is 0 Å². The third kappa shape index (κ3) is 2.13.